The molecular weight excluding hydrogens is 306 g/mol. The summed E-state index contributed by atoms with van der Waals surface area (Å²) in [5.41, 5.74) is 8.78. The van der Waals surface area contributed by atoms with Crippen LogP contribution in [0, 0.1) is 0 Å². The molecule has 2 aromatic carbocycles. The molecule has 0 bridgehead atoms. The average Bonchev–Trinajstić information content (AvgIpc) is 2.75. The zero-order chi connectivity index (χ0) is 13.4. The fourth-order valence-electron chi connectivity index (χ4n) is 2.09. The molecule has 19 heavy (non-hydrogen) atoms. The summed E-state index contributed by atoms with van der Waals surface area (Å²) < 4.78 is 8.10. The summed E-state index contributed by atoms with van der Waals surface area (Å²) in [7, 11) is 1.64. The van der Waals surface area contributed by atoms with E-state index in [0.29, 0.717) is 5.95 Å². The normalized spacial score (nSPS) is 10.8. The number of hydrogen-bond acceptors (Lipinski definition) is 3. The van der Waals surface area contributed by atoms with Gasteiger partial charge in [-0.05, 0) is 40.2 Å². The van der Waals surface area contributed by atoms with Crippen LogP contribution in [-0.2, 0) is 0 Å². The highest BCUT2D eigenvalue weighted by atomic mass is 79.9. The molecule has 3 rings (SSSR count). The second-order valence-electron chi connectivity index (χ2n) is 4.11. The van der Waals surface area contributed by atoms with Crippen molar-refractivity contribution in [2.24, 2.45) is 0 Å². The number of anilines is 1. The first-order chi connectivity index (χ1) is 9.20. The molecule has 0 saturated heterocycles. The molecule has 0 spiro atoms. The van der Waals surface area contributed by atoms with Gasteiger partial charge in [-0.1, -0.05) is 12.1 Å². The molecule has 3 aromatic rings. The van der Waals surface area contributed by atoms with Crippen molar-refractivity contribution < 1.29 is 4.74 Å². The lowest BCUT2D eigenvalue weighted by Crippen LogP contribution is -2.01. The maximum absolute atomic E-state index is 6.04. The van der Waals surface area contributed by atoms with Crippen LogP contribution in [0.15, 0.2) is 46.9 Å². The Labute approximate surface area is 118 Å². The van der Waals surface area contributed by atoms with Crippen LogP contribution in [0.5, 0.6) is 5.75 Å². The molecule has 0 fully saturated rings. The first kappa shape index (κ1) is 12.0. The highest BCUT2D eigenvalue weighted by Crippen LogP contribution is 2.30. The minimum atomic E-state index is 0.454. The number of fused-ring (bicyclic) bond motifs is 1. The van der Waals surface area contributed by atoms with Gasteiger partial charge in [-0.3, -0.25) is 4.57 Å². The van der Waals surface area contributed by atoms with Crippen molar-refractivity contribution in [3.63, 3.8) is 0 Å². The second-order valence-corrected chi connectivity index (χ2v) is 4.97. The van der Waals surface area contributed by atoms with E-state index in [0.717, 1.165) is 26.9 Å². The highest BCUT2D eigenvalue weighted by molar-refractivity contribution is 9.10. The third-order valence-corrected chi connectivity index (χ3v) is 3.65. The van der Waals surface area contributed by atoms with Crippen LogP contribution in [0.2, 0.25) is 0 Å². The summed E-state index contributed by atoms with van der Waals surface area (Å²) in [5, 5.41) is 0. The Morgan fingerprint density at radius 2 is 2.00 bits per heavy atom. The number of methoxy groups -OCH3 is 1. The number of nitrogens with zero attached hydrogens (tertiary/aromatic N) is 2. The Hall–Kier alpha value is -2.01. The Morgan fingerprint density at radius 1 is 1.21 bits per heavy atom. The van der Waals surface area contributed by atoms with E-state index in [4.69, 9.17) is 10.5 Å². The van der Waals surface area contributed by atoms with E-state index in [2.05, 4.69) is 20.9 Å². The van der Waals surface area contributed by atoms with Crippen molar-refractivity contribution in [1.29, 1.82) is 0 Å². The first-order valence-electron chi connectivity index (χ1n) is 5.77. The zero-order valence-corrected chi connectivity index (χ0v) is 11.9. The molecule has 4 nitrogen and oxygen atoms in total. The molecule has 0 aliphatic carbocycles. The van der Waals surface area contributed by atoms with Crippen LogP contribution in [-0.4, -0.2) is 16.7 Å². The van der Waals surface area contributed by atoms with Crippen molar-refractivity contribution in [2.45, 2.75) is 0 Å². The quantitative estimate of drug-likeness (QED) is 0.788. The van der Waals surface area contributed by atoms with Crippen LogP contribution < -0.4 is 10.5 Å². The molecular formula is C14H12BrN3O. The maximum atomic E-state index is 6.04. The van der Waals surface area contributed by atoms with Gasteiger partial charge < -0.3 is 10.5 Å². The maximum Gasteiger partial charge on any atom is 0.205 e. The Bertz CT molecular complexity index is 752. The molecule has 0 radical (unpaired) electrons. The number of imidazole rings is 1. The van der Waals surface area contributed by atoms with Crippen LogP contribution >= 0.6 is 15.9 Å². The fraction of sp³-hybridized carbons (Fsp3) is 0.0714. The van der Waals surface area contributed by atoms with Crippen molar-refractivity contribution in [2.75, 3.05) is 12.8 Å². The molecule has 0 aliphatic rings. The van der Waals surface area contributed by atoms with E-state index < -0.39 is 0 Å². The van der Waals surface area contributed by atoms with E-state index in [1.807, 2.05) is 47.0 Å². The number of benzene rings is 2. The van der Waals surface area contributed by atoms with Crippen LogP contribution in [0.25, 0.3) is 16.7 Å². The highest BCUT2D eigenvalue weighted by Gasteiger charge is 2.12. The number of hydrogen-bond donors (Lipinski definition) is 1. The summed E-state index contributed by atoms with van der Waals surface area (Å²) in [6, 6.07) is 13.6. The number of ether oxygens (including phenoxy) is 1. The van der Waals surface area contributed by atoms with Crippen molar-refractivity contribution >= 4 is 32.9 Å². The monoisotopic (exact) mass is 317 g/mol. The van der Waals surface area contributed by atoms with Gasteiger partial charge in [0.2, 0.25) is 5.95 Å². The Morgan fingerprint density at radius 3 is 2.79 bits per heavy atom. The van der Waals surface area contributed by atoms with Gasteiger partial charge in [-0.15, -0.1) is 0 Å². The number of para-hydroxylation sites is 2. The molecule has 2 N–H and O–H groups in total. The van der Waals surface area contributed by atoms with E-state index >= 15 is 0 Å². The zero-order valence-electron chi connectivity index (χ0n) is 10.3. The van der Waals surface area contributed by atoms with Crippen LogP contribution in [0.3, 0.4) is 0 Å². The van der Waals surface area contributed by atoms with E-state index in [1.165, 1.54) is 0 Å². The van der Waals surface area contributed by atoms with Crippen LogP contribution in [0.4, 0.5) is 5.95 Å². The molecule has 1 aromatic heterocycles. The number of aromatic nitrogens is 2. The predicted octanol–water partition coefficient (Wildman–Crippen LogP) is 3.38. The van der Waals surface area contributed by atoms with Gasteiger partial charge in [0.05, 0.1) is 23.8 Å². The average molecular weight is 318 g/mol. The van der Waals surface area contributed by atoms with E-state index in [1.54, 1.807) is 7.11 Å². The summed E-state index contributed by atoms with van der Waals surface area (Å²) in [5.74, 6) is 1.23. The lowest BCUT2D eigenvalue weighted by molar-refractivity contribution is 0.414. The van der Waals surface area contributed by atoms with Gasteiger partial charge in [0, 0.05) is 10.5 Å². The minimum Gasteiger partial charge on any atom is -0.497 e. The summed E-state index contributed by atoms with van der Waals surface area (Å²) in [6.07, 6.45) is 0. The molecule has 0 aliphatic heterocycles. The molecule has 0 amide bonds. The topological polar surface area (TPSA) is 53.1 Å². The fourth-order valence-corrected chi connectivity index (χ4v) is 2.51. The van der Waals surface area contributed by atoms with Gasteiger partial charge in [0.15, 0.2) is 0 Å². The number of halogens is 1. The second kappa shape index (κ2) is 4.59. The lowest BCUT2D eigenvalue weighted by atomic mass is 10.2. The summed E-state index contributed by atoms with van der Waals surface area (Å²) in [6.45, 7) is 0. The molecule has 0 atom stereocenters. The van der Waals surface area contributed by atoms with Gasteiger partial charge >= 0.3 is 0 Å². The number of rotatable bonds is 2. The standard InChI is InChI=1S/C14H12BrN3O/c1-19-9-6-7-10(15)13(8-9)18-12-5-3-2-4-11(12)17-14(18)16/h2-8H,1H3,(H2,16,17). The SMILES string of the molecule is COc1ccc(Br)c(-n2c(N)nc3ccccc32)c1. The third-order valence-electron chi connectivity index (χ3n) is 2.98. The molecule has 1 heterocycles. The van der Waals surface area contributed by atoms with Gasteiger partial charge in [-0.25, -0.2) is 4.98 Å². The minimum absolute atomic E-state index is 0.454. The lowest BCUT2D eigenvalue weighted by Gasteiger charge is -2.10. The van der Waals surface area contributed by atoms with Gasteiger partial charge in [0.1, 0.15) is 5.75 Å². The summed E-state index contributed by atoms with van der Waals surface area (Å²) >= 11 is 3.54. The smallest absolute Gasteiger partial charge is 0.205 e. The van der Waals surface area contributed by atoms with Crippen molar-refractivity contribution in [3.8, 4) is 11.4 Å². The number of nitrogen functional groups attached to an aromatic ring is 1. The molecule has 5 heteroatoms. The van der Waals surface area contributed by atoms with Gasteiger partial charge in [0.25, 0.3) is 0 Å². The van der Waals surface area contributed by atoms with Gasteiger partial charge in [-0.2, -0.15) is 0 Å². The molecule has 96 valence electrons. The van der Waals surface area contributed by atoms with Crippen LogP contribution in [0.1, 0.15) is 0 Å². The van der Waals surface area contributed by atoms with E-state index in [9.17, 15) is 0 Å². The Kier molecular flexibility index (Phi) is 2.91. The number of nitrogens with two attached hydrogens (primary N) is 1. The summed E-state index contributed by atoms with van der Waals surface area (Å²) in [4.78, 5) is 4.37. The first-order valence-corrected chi connectivity index (χ1v) is 6.57. The van der Waals surface area contributed by atoms with E-state index in [-0.39, 0.29) is 0 Å². The molecule has 0 unspecified atom stereocenters. The Balaban J connectivity index is 2.32. The predicted molar refractivity (Wildman–Crippen MR) is 79.7 cm³/mol. The van der Waals surface area contributed by atoms with Crippen molar-refractivity contribution in [1.82, 2.24) is 9.55 Å². The third kappa shape index (κ3) is 1.96. The van der Waals surface area contributed by atoms with Crippen molar-refractivity contribution in [3.05, 3.63) is 46.9 Å². The largest absolute Gasteiger partial charge is 0.497 e. The molecule has 0 saturated carbocycles.